The Balaban J connectivity index is 2.59. The summed E-state index contributed by atoms with van der Waals surface area (Å²) in [4.78, 5) is 0. The van der Waals surface area contributed by atoms with Crippen molar-refractivity contribution in [3.8, 4) is 0 Å². The maximum absolute atomic E-state index is 7.70. The predicted molar refractivity (Wildman–Crippen MR) is 43.8 cm³/mol. The van der Waals surface area contributed by atoms with Gasteiger partial charge in [0, 0.05) is 2.74 Å². The van der Waals surface area contributed by atoms with E-state index in [0.29, 0.717) is 0 Å². The first-order valence-corrected chi connectivity index (χ1v) is 3.34. The van der Waals surface area contributed by atoms with E-state index >= 15 is 0 Å². The normalized spacial score (nSPS) is 33.0. The molecule has 0 heterocycles. The van der Waals surface area contributed by atoms with E-state index in [1.807, 2.05) is 24.3 Å². The zero-order valence-corrected chi connectivity index (χ0v) is 5.67. The van der Waals surface area contributed by atoms with Gasteiger partial charge in [0.2, 0.25) is 0 Å². The summed E-state index contributed by atoms with van der Waals surface area (Å²) in [6.45, 7) is 3.82. The lowest BCUT2D eigenvalue weighted by Gasteiger charge is -1.95. The van der Waals surface area contributed by atoms with E-state index in [2.05, 4.69) is 6.58 Å². The molecule has 1 aliphatic rings. The molecule has 1 aromatic rings. The summed E-state index contributed by atoms with van der Waals surface area (Å²) in [6.07, 6.45) is -0.906. The van der Waals surface area contributed by atoms with Crippen LogP contribution in [-0.2, 0) is 6.40 Å². The lowest BCUT2D eigenvalue weighted by Crippen LogP contribution is -1.76. The molecule has 0 spiro atoms. The second kappa shape index (κ2) is 1.98. The molecule has 0 nitrogen and oxygen atoms in total. The highest BCUT2D eigenvalue weighted by atomic mass is 14.2. The van der Waals surface area contributed by atoms with Crippen LogP contribution in [0, 0.1) is 0 Å². The zero-order valence-electron chi connectivity index (χ0n) is 7.67. The Bertz CT molecular complexity index is 330. The fourth-order valence-corrected chi connectivity index (χ4v) is 1.21. The van der Waals surface area contributed by atoms with Crippen LogP contribution in [0.2, 0.25) is 0 Å². The van der Waals surface area contributed by atoms with Crippen molar-refractivity contribution in [3.05, 3.63) is 42.0 Å². The van der Waals surface area contributed by atoms with Crippen LogP contribution in [-0.4, -0.2) is 0 Å². The molecular formula is C10H10. The lowest BCUT2D eigenvalue weighted by atomic mass is 10.1. The van der Waals surface area contributed by atoms with E-state index in [0.717, 1.165) is 16.7 Å². The smallest absolute Gasteiger partial charge is 0.0320 e. The topological polar surface area (TPSA) is 0 Å². The van der Waals surface area contributed by atoms with Crippen LogP contribution >= 0.6 is 0 Å². The van der Waals surface area contributed by atoms with Crippen molar-refractivity contribution >= 4 is 5.57 Å². The Morgan fingerprint density at radius 1 is 1.30 bits per heavy atom. The van der Waals surface area contributed by atoms with E-state index in [1.165, 1.54) is 0 Å². The van der Waals surface area contributed by atoms with Crippen LogP contribution in [0.4, 0.5) is 0 Å². The van der Waals surface area contributed by atoms with Gasteiger partial charge in [-0.1, -0.05) is 30.8 Å². The van der Waals surface area contributed by atoms with E-state index < -0.39 is 12.8 Å². The van der Waals surface area contributed by atoms with Crippen LogP contribution in [0.5, 0.6) is 0 Å². The third-order valence-electron chi connectivity index (χ3n) is 1.77. The number of hydrogen-bond donors (Lipinski definition) is 0. The van der Waals surface area contributed by atoms with Crippen LogP contribution in [0.3, 0.4) is 0 Å². The van der Waals surface area contributed by atoms with Gasteiger partial charge >= 0.3 is 0 Å². The summed E-state index contributed by atoms with van der Waals surface area (Å²) >= 11 is 0. The molecule has 0 bridgehead atoms. The summed E-state index contributed by atoms with van der Waals surface area (Å²) in [5.41, 5.74) is 2.73. The molecule has 0 aromatic heterocycles. The van der Waals surface area contributed by atoms with E-state index in [-0.39, 0.29) is 0 Å². The summed E-state index contributed by atoms with van der Waals surface area (Å²) < 4.78 is 15.3. The number of fused-ring (bicyclic) bond motifs is 1. The number of aryl methyl sites for hydroxylation is 1. The third kappa shape index (κ3) is 0.688. The van der Waals surface area contributed by atoms with Crippen LogP contribution < -0.4 is 0 Å². The highest BCUT2D eigenvalue weighted by Gasteiger charge is 2.11. The predicted octanol–water partition coefficient (Wildman–Crippen LogP) is 2.65. The Morgan fingerprint density at radius 2 is 2.10 bits per heavy atom. The maximum atomic E-state index is 7.70. The first kappa shape index (κ1) is 3.97. The van der Waals surface area contributed by atoms with E-state index in [1.54, 1.807) is 0 Å². The number of rotatable bonds is 0. The SMILES string of the molecule is [2H][C@@H]1C(=C)c2ccccc2[C@@H]1[2H]. The van der Waals surface area contributed by atoms with Gasteiger partial charge in [-0.3, -0.25) is 0 Å². The molecule has 0 unspecified atom stereocenters. The van der Waals surface area contributed by atoms with Crippen molar-refractivity contribution in [2.45, 2.75) is 12.8 Å². The largest absolute Gasteiger partial charge is 0.0952 e. The minimum atomic E-state index is -0.470. The molecule has 0 amide bonds. The van der Waals surface area contributed by atoms with E-state index in [4.69, 9.17) is 2.74 Å². The van der Waals surface area contributed by atoms with Crippen molar-refractivity contribution < 1.29 is 2.74 Å². The molecule has 1 aliphatic carbocycles. The number of allylic oxidation sites excluding steroid dienone is 1. The summed E-state index contributed by atoms with van der Waals surface area (Å²) in [5, 5.41) is 0. The van der Waals surface area contributed by atoms with Crippen LogP contribution in [0.1, 0.15) is 20.3 Å². The lowest BCUT2D eigenvalue weighted by molar-refractivity contribution is 1.08. The van der Waals surface area contributed by atoms with Crippen molar-refractivity contribution in [2.24, 2.45) is 0 Å². The molecule has 2 rings (SSSR count). The van der Waals surface area contributed by atoms with Gasteiger partial charge in [0.25, 0.3) is 0 Å². The summed E-state index contributed by atoms with van der Waals surface area (Å²) in [6, 6.07) is 7.68. The Kier molecular flexibility index (Phi) is 0.785. The standard InChI is InChI=1S/C10H10/c1-8-6-7-9-4-2-3-5-10(8)9/h2-5H,1,6-7H2/i6D,7D/t6-,7+/m0/s1. The molecular weight excluding hydrogens is 120 g/mol. The first-order chi connectivity index (χ1) is 5.72. The molecule has 10 heavy (non-hydrogen) atoms. The molecule has 0 heteroatoms. The minimum absolute atomic E-state index is 0.436. The highest BCUT2D eigenvalue weighted by Crippen LogP contribution is 2.29. The van der Waals surface area contributed by atoms with E-state index in [9.17, 15) is 0 Å². The highest BCUT2D eigenvalue weighted by molar-refractivity contribution is 5.70. The van der Waals surface area contributed by atoms with Gasteiger partial charge < -0.3 is 0 Å². The molecule has 0 radical (unpaired) electrons. The van der Waals surface area contributed by atoms with Gasteiger partial charge in [-0.25, -0.2) is 0 Å². The summed E-state index contributed by atoms with van der Waals surface area (Å²) in [7, 11) is 0. The van der Waals surface area contributed by atoms with Gasteiger partial charge in [-0.05, 0) is 29.5 Å². The molecule has 0 saturated carbocycles. The van der Waals surface area contributed by atoms with Crippen molar-refractivity contribution in [1.29, 1.82) is 0 Å². The number of benzene rings is 1. The Hall–Kier alpha value is -1.04. The van der Waals surface area contributed by atoms with Crippen molar-refractivity contribution in [2.75, 3.05) is 0 Å². The Labute approximate surface area is 64.0 Å². The zero-order chi connectivity index (χ0) is 8.72. The van der Waals surface area contributed by atoms with Gasteiger partial charge in [0.1, 0.15) is 0 Å². The van der Waals surface area contributed by atoms with Crippen LogP contribution in [0.15, 0.2) is 30.8 Å². The fourth-order valence-electron chi connectivity index (χ4n) is 1.21. The van der Waals surface area contributed by atoms with Gasteiger partial charge in [-0.2, -0.15) is 0 Å². The first-order valence-electron chi connectivity index (χ1n) is 4.50. The van der Waals surface area contributed by atoms with Gasteiger partial charge in [-0.15, -0.1) is 0 Å². The molecule has 50 valence electrons. The van der Waals surface area contributed by atoms with Gasteiger partial charge in [0.05, 0.1) is 0 Å². The third-order valence-corrected chi connectivity index (χ3v) is 1.77. The summed E-state index contributed by atoms with van der Waals surface area (Å²) in [5.74, 6) is 0. The average molecular weight is 132 g/mol. The molecule has 0 aliphatic heterocycles. The van der Waals surface area contributed by atoms with Gasteiger partial charge in [0.15, 0.2) is 0 Å². The van der Waals surface area contributed by atoms with Crippen LogP contribution in [0.25, 0.3) is 5.57 Å². The quantitative estimate of drug-likeness (QED) is 0.509. The minimum Gasteiger partial charge on any atom is -0.0952 e. The van der Waals surface area contributed by atoms with Crippen molar-refractivity contribution in [3.63, 3.8) is 0 Å². The molecule has 0 N–H and O–H groups in total. The monoisotopic (exact) mass is 132 g/mol. The second-order valence-corrected chi connectivity index (χ2v) is 2.45. The fraction of sp³-hybridized carbons (Fsp3) is 0.200. The molecule has 1 aromatic carbocycles. The second-order valence-electron chi connectivity index (χ2n) is 2.45. The average Bonchev–Trinajstić information content (AvgIpc) is 2.33. The number of hydrogen-bond acceptors (Lipinski definition) is 0. The maximum Gasteiger partial charge on any atom is 0.0320 e. The molecule has 2 atom stereocenters. The van der Waals surface area contributed by atoms with Crippen molar-refractivity contribution in [1.82, 2.24) is 0 Å². The Morgan fingerprint density at radius 3 is 2.90 bits per heavy atom. The molecule has 0 fully saturated rings. The molecule has 0 saturated heterocycles.